The quantitative estimate of drug-likeness (QED) is 0.829. The lowest BCUT2D eigenvalue weighted by Gasteiger charge is -2.30. The minimum atomic E-state index is -1.05. The number of rotatable bonds is 3. The number of halogens is 2. The van der Waals surface area contributed by atoms with Gasteiger partial charge in [-0.2, -0.15) is 0 Å². The molecule has 0 radical (unpaired) electrons. The molecule has 118 valence electrons. The molecule has 0 aliphatic heterocycles. The molecule has 0 bridgehead atoms. The van der Waals surface area contributed by atoms with Crippen LogP contribution in [0.4, 0.5) is 8.78 Å². The second-order valence-corrected chi connectivity index (χ2v) is 6.30. The van der Waals surface area contributed by atoms with E-state index in [1.807, 2.05) is 18.2 Å². The first kappa shape index (κ1) is 14.4. The lowest BCUT2D eigenvalue weighted by atomic mass is 10.0. The van der Waals surface area contributed by atoms with Crippen molar-refractivity contribution in [1.29, 1.82) is 0 Å². The predicted octanol–water partition coefficient (Wildman–Crippen LogP) is 4.26. The average molecular weight is 313 g/mol. The maximum absolute atomic E-state index is 14.1. The number of amides is 1. The summed E-state index contributed by atoms with van der Waals surface area (Å²) in [7, 11) is 0. The number of hydrogen-bond acceptors (Lipinski definition) is 1. The molecule has 2 aromatic rings. The van der Waals surface area contributed by atoms with Crippen molar-refractivity contribution in [3.63, 3.8) is 0 Å². The topological polar surface area (TPSA) is 20.3 Å². The van der Waals surface area contributed by atoms with Gasteiger partial charge in [0.15, 0.2) is 11.6 Å². The van der Waals surface area contributed by atoms with E-state index in [4.69, 9.17) is 0 Å². The fraction of sp³-hybridized carbons (Fsp3) is 0.316. The van der Waals surface area contributed by atoms with Gasteiger partial charge in [0.25, 0.3) is 5.91 Å². The van der Waals surface area contributed by atoms with Crippen LogP contribution in [-0.4, -0.2) is 16.8 Å². The van der Waals surface area contributed by atoms with Crippen LogP contribution in [0.25, 0.3) is 0 Å². The first-order valence-corrected chi connectivity index (χ1v) is 8.01. The van der Waals surface area contributed by atoms with Crippen LogP contribution < -0.4 is 0 Å². The smallest absolute Gasteiger partial charge is 0.257 e. The Morgan fingerprint density at radius 2 is 1.78 bits per heavy atom. The van der Waals surface area contributed by atoms with Gasteiger partial charge in [0.05, 0.1) is 11.6 Å². The fourth-order valence-electron chi connectivity index (χ4n) is 3.55. The van der Waals surface area contributed by atoms with Crippen molar-refractivity contribution in [3.05, 3.63) is 70.8 Å². The Morgan fingerprint density at radius 3 is 2.57 bits per heavy atom. The molecule has 4 heteroatoms. The standard InChI is InChI=1S/C19H17F2NO/c20-16-7-3-6-15(18(16)21)19(23)22(13-9-10-13)17-11-8-12-4-1-2-5-14(12)17/h1-7,13,17H,8-11H2. The van der Waals surface area contributed by atoms with Crippen LogP contribution in [0.5, 0.6) is 0 Å². The first-order chi connectivity index (χ1) is 11.2. The van der Waals surface area contributed by atoms with E-state index >= 15 is 0 Å². The Balaban J connectivity index is 1.72. The molecule has 0 spiro atoms. The van der Waals surface area contributed by atoms with E-state index in [1.165, 1.54) is 17.7 Å². The molecule has 0 saturated heterocycles. The third kappa shape index (κ3) is 2.42. The summed E-state index contributed by atoms with van der Waals surface area (Å²) in [6, 6.07) is 12.0. The largest absolute Gasteiger partial charge is 0.329 e. The molecule has 0 N–H and O–H groups in total. The molecule has 1 saturated carbocycles. The zero-order chi connectivity index (χ0) is 16.0. The van der Waals surface area contributed by atoms with Gasteiger partial charge in [0.2, 0.25) is 0 Å². The number of carbonyl (C=O) groups excluding carboxylic acids is 1. The molecule has 2 aliphatic rings. The zero-order valence-corrected chi connectivity index (χ0v) is 12.6. The van der Waals surface area contributed by atoms with E-state index in [0.29, 0.717) is 0 Å². The summed E-state index contributed by atoms with van der Waals surface area (Å²) in [6.45, 7) is 0. The third-order valence-corrected chi connectivity index (χ3v) is 4.79. The Labute approximate surface area is 133 Å². The summed E-state index contributed by atoms with van der Waals surface area (Å²) in [5, 5.41) is 0. The van der Waals surface area contributed by atoms with E-state index in [2.05, 4.69) is 6.07 Å². The molecule has 1 fully saturated rings. The van der Waals surface area contributed by atoms with Gasteiger partial charge >= 0.3 is 0 Å². The highest BCUT2D eigenvalue weighted by atomic mass is 19.2. The molecule has 1 atom stereocenters. The molecule has 2 aromatic carbocycles. The first-order valence-electron chi connectivity index (χ1n) is 8.01. The van der Waals surface area contributed by atoms with Gasteiger partial charge in [-0.05, 0) is 48.9 Å². The molecule has 23 heavy (non-hydrogen) atoms. The van der Waals surface area contributed by atoms with Gasteiger partial charge < -0.3 is 4.90 Å². The van der Waals surface area contributed by atoms with Crippen molar-refractivity contribution in [2.45, 2.75) is 37.8 Å². The lowest BCUT2D eigenvalue weighted by molar-refractivity contribution is 0.0652. The summed E-state index contributed by atoms with van der Waals surface area (Å²) in [6.07, 6.45) is 3.63. The molecule has 1 amide bonds. The Kier molecular flexibility index (Phi) is 3.40. The van der Waals surface area contributed by atoms with Crippen LogP contribution in [0.3, 0.4) is 0 Å². The van der Waals surface area contributed by atoms with E-state index in [-0.39, 0.29) is 17.6 Å². The molecular weight excluding hydrogens is 296 g/mol. The minimum Gasteiger partial charge on any atom is -0.329 e. The van der Waals surface area contributed by atoms with Gasteiger partial charge in [-0.3, -0.25) is 4.79 Å². The van der Waals surface area contributed by atoms with Crippen molar-refractivity contribution in [3.8, 4) is 0 Å². The molecule has 2 aliphatic carbocycles. The summed E-state index contributed by atoms with van der Waals surface area (Å²) in [4.78, 5) is 14.7. The second kappa shape index (κ2) is 5.44. The number of nitrogens with zero attached hydrogens (tertiary/aromatic N) is 1. The van der Waals surface area contributed by atoms with Crippen LogP contribution >= 0.6 is 0 Å². The van der Waals surface area contributed by atoms with Crippen LogP contribution in [-0.2, 0) is 6.42 Å². The highest BCUT2D eigenvalue weighted by Gasteiger charge is 2.41. The Hall–Kier alpha value is -2.23. The second-order valence-electron chi connectivity index (χ2n) is 6.30. The van der Waals surface area contributed by atoms with Crippen molar-refractivity contribution in [2.75, 3.05) is 0 Å². The summed E-state index contributed by atoms with van der Waals surface area (Å²) in [5.74, 6) is -2.42. The SMILES string of the molecule is O=C(c1cccc(F)c1F)N(C1CC1)C1CCc2ccccc21. The van der Waals surface area contributed by atoms with Gasteiger partial charge in [-0.1, -0.05) is 30.3 Å². The maximum atomic E-state index is 14.1. The summed E-state index contributed by atoms with van der Waals surface area (Å²) in [5.41, 5.74) is 2.22. The normalized spacial score (nSPS) is 19.5. The van der Waals surface area contributed by atoms with Crippen LogP contribution in [0, 0.1) is 11.6 Å². The molecule has 0 aromatic heterocycles. The maximum Gasteiger partial charge on any atom is 0.257 e. The number of hydrogen-bond donors (Lipinski definition) is 0. The molecule has 2 nitrogen and oxygen atoms in total. The van der Waals surface area contributed by atoms with Gasteiger partial charge in [-0.15, -0.1) is 0 Å². The number of aryl methyl sites for hydroxylation is 1. The van der Waals surface area contributed by atoms with Crippen molar-refractivity contribution in [1.82, 2.24) is 4.90 Å². The van der Waals surface area contributed by atoms with Crippen molar-refractivity contribution in [2.24, 2.45) is 0 Å². The number of benzene rings is 2. The zero-order valence-electron chi connectivity index (χ0n) is 12.6. The molecule has 1 unspecified atom stereocenters. The fourth-order valence-corrected chi connectivity index (χ4v) is 3.55. The minimum absolute atomic E-state index is 0.0335. The van der Waals surface area contributed by atoms with Crippen molar-refractivity contribution >= 4 is 5.91 Å². The molecular formula is C19H17F2NO. The predicted molar refractivity (Wildman–Crippen MR) is 83.1 cm³/mol. The van der Waals surface area contributed by atoms with E-state index in [1.54, 1.807) is 4.90 Å². The summed E-state index contributed by atoms with van der Waals surface area (Å²) < 4.78 is 27.5. The number of carbonyl (C=O) groups is 1. The Morgan fingerprint density at radius 1 is 1.00 bits per heavy atom. The molecule has 0 heterocycles. The number of fused-ring (bicyclic) bond motifs is 1. The third-order valence-electron chi connectivity index (χ3n) is 4.79. The van der Waals surface area contributed by atoms with Crippen LogP contribution in [0.2, 0.25) is 0 Å². The Bertz CT molecular complexity index is 770. The highest BCUT2D eigenvalue weighted by Crippen LogP contribution is 2.42. The monoisotopic (exact) mass is 313 g/mol. The van der Waals surface area contributed by atoms with Gasteiger partial charge in [-0.25, -0.2) is 8.78 Å². The van der Waals surface area contributed by atoms with E-state index < -0.39 is 17.5 Å². The average Bonchev–Trinajstić information content (AvgIpc) is 3.30. The van der Waals surface area contributed by atoms with Crippen LogP contribution in [0.15, 0.2) is 42.5 Å². The van der Waals surface area contributed by atoms with Crippen LogP contribution in [0.1, 0.15) is 46.8 Å². The van der Waals surface area contributed by atoms with E-state index in [9.17, 15) is 13.6 Å². The van der Waals surface area contributed by atoms with E-state index in [0.717, 1.165) is 37.3 Å². The summed E-state index contributed by atoms with van der Waals surface area (Å²) >= 11 is 0. The van der Waals surface area contributed by atoms with Gasteiger partial charge in [0.1, 0.15) is 0 Å². The highest BCUT2D eigenvalue weighted by molar-refractivity contribution is 5.95. The lowest BCUT2D eigenvalue weighted by Crippen LogP contribution is -2.36. The molecule has 4 rings (SSSR count). The van der Waals surface area contributed by atoms with Crippen molar-refractivity contribution < 1.29 is 13.6 Å². The van der Waals surface area contributed by atoms with Gasteiger partial charge in [0, 0.05) is 6.04 Å².